The fourth-order valence-electron chi connectivity index (χ4n) is 3.74. The number of aryl methyl sites for hydroxylation is 1. The first-order chi connectivity index (χ1) is 12.7. The van der Waals surface area contributed by atoms with Gasteiger partial charge in [-0.1, -0.05) is 12.1 Å². The number of likely N-dealkylation sites (tertiary alicyclic amines) is 1. The SMILES string of the molecule is Cn1cc(CN2CCC[C@@H](c3nccnc3-c3ccccc3F)C2)cn1. The van der Waals surface area contributed by atoms with Crippen LogP contribution in [-0.2, 0) is 13.6 Å². The highest BCUT2D eigenvalue weighted by molar-refractivity contribution is 5.62. The Hall–Kier alpha value is -2.60. The molecule has 5 nitrogen and oxygen atoms in total. The highest BCUT2D eigenvalue weighted by Gasteiger charge is 2.26. The molecule has 2 aromatic heterocycles. The van der Waals surface area contributed by atoms with Crippen molar-refractivity contribution in [2.24, 2.45) is 7.05 Å². The van der Waals surface area contributed by atoms with E-state index in [2.05, 4.69) is 26.2 Å². The second-order valence-electron chi connectivity index (χ2n) is 6.87. The van der Waals surface area contributed by atoms with E-state index >= 15 is 0 Å². The second kappa shape index (κ2) is 7.33. The van der Waals surface area contributed by atoms with Gasteiger partial charge >= 0.3 is 0 Å². The van der Waals surface area contributed by atoms with Gasteiger partial charge in [-0.15, -0.1) is 0 Å². The van der Waals surface area contributed by atoms with Crippen molar-refractivity contribution < 1.29 is 4.39 Å². The van der Waals surface area contributed by atoms with Crippen molar-refractivity contribution in [3.8, 4) is 11.3 Å². The fraction of sp³-hybridized carbons (Fsp3) is 0.350. The predicted molar refractivity (Wildman–Crippen MR) is 97.9 cm³/mol. The van der Waals surface area contributed by atoms with Gasteiger partial charge in [-0.25, -0.2) is 4.39 Å². The smallest absolute Gasteiger partial charge is 0.132 e. The van der Waals surface area contributed by atoms with Crippen LogP contribution in [0.5, 0.6) is 0 Å². The molecule has 0 aliphatic carbocycles. The summed E-state index contributed by atoms with van der Waals surface area (Å²) in [6.45, 7) is 2.83. The van der Waals surface area contributed by atoms with Crippen LogP contribution in [0.1, 0.15) is 30.0 Å². The normalized spacial score (nSPS) is 18.2. The third-order valence-electron chi connectivity index (χ3n) is 4.91. The second-order valence-corrected chi connectivity index (χ2v) is 6.87. The highest BCUT2D eigenvalue weighted by Crippen LogP contribution is 2.33. The molecule has 3 aromatic rings. The number of halogens is 1. The Bertz CT molecular complexity index is 891. The monoisotopic (exact) mass is 351 g/mol. The zero-order valence-electron chi connectivity index (χ0n) is 14.8. The molecular weight excluding hydrogens is 329 g/mol. The summed E-state index contributed by atoms with van der Waals surface area (Å²) in [4.78, 5) is 11.5. The van der Waals surface area contributed by atoms with Crippen molar-refractivity contribution in [2.45, 2.75) is 25.3 Å². The third kappa shape index (κ3) is 3.51. The molecule has 0 amide bonds. The molecular formula is C20H22FN5. The molecule has 1 saturated heterocycles. The van der Waals surface area contributed by atoms with Crippen LogP contribution in [0.4, 0.5) is 4.39 Å². The van der Waals surface area contributed by atoms with E-state index in [0.717, 1.165) is 38.2 Å². The maximum absolute atomic E-state index is 14.3. The minimum Gasteiger partial charge on any atom is -0.298 e. The Morgan fingerprint density at radius 1 is 1.19 bits per heavy atom. The van der Waals surface area contributed by atoms with Crippen molar-refractivity contribution in [1.29, 1.82) is 0 Å². The molecule has 0 saturated carbocycles. The lowest BCUT2D eigenvalue weighted by Crippen LogP contribution is -2.34. The van der Waals surface area contributed by atoms with E-state index in [1.54, 1.807) is 24.5 Å². The van der Waals surface area contributed by atoms with E-state index < -0.39 is 0 Å². The van der Waals surface area contributed by atoms with Gasteiger partial charge in [0.15, 0.2) is 0 Å². The molecule has 0 spiro atoms. The maximum Gasteiger partial charge on any atom is 0.132 e. The van der Waals surface area contributed by atoms with Crippen molar-refractivity contribution in [3.63, 3.8) is 0 Å². The van der Waals surface area contributed by atoms with Crippen molar-refractivity contribution in [3.05, 3.63) is 66.1 Å². The molecule has 1 aliphatic rings. The van der Waals surface area contributed by atoms with Gasteiger partial charge in [0.2, 0.25) is 0 Å². The molecule has 6 heteroatoms. The summed E-state index contributed by atoms with van der Waals surface area (Å²) in [5.74, 6) is 0.000929. The largest absolute Gasteiger partial charge is 0.298 e. The van der Waals surface area contributed by atoms with Gasteiger partial charge < -0.3 is 0 Å². The molecule has 1 atom stereocenters. The van der Waals surface area contributed by atoms with Gasteiger partial charge in [0, 0.05) is 55.8 Å². The molecule has 0 N–H and O–H groups in total. The minimum atomic E-state index is -0.253. The molecule has 0 unspecified atom stereocenters. The van der Waals surface area contributed by atoms with Gasteiger partial charge in [-0.2, -0.15) is 5.10 Å². The average Bonchev–Trinajstić information content (AvgIpc) is 3.07. The number of benzene rings is 1. The molecule has 0 radical (unpaired) electrons. The maximum atomic E-state index is 14.3. The number of piperidine rings is 1. The number of nitrogens with zero attached hydrogens (tertiary/aromatic N) is 5. The Balaban J connectivity index is 1.58. The quantitative estimate of drug-likeness (QED) is 0.723. The van der Waals surface area contributed by atoms with Crippen LogP contribution in [-0.4, -0.2) is 37.7 Å². The lowest BCUT2D eigenvalue weighted by Gasteiger charge is -2.32. The molecule has 4 rings (SSSR count). The van der Waals surface area contributed by atoms with Crippen LogP contribution in [0.25, 0.3) is 11.3 Å². The van der Waals surface area contributed by atoms with Crippen LogP contribution in [0.2, 0.25) is 0 Å². The lowest BCUT2D eigenvalue weighted by molar-refractivity contribution is 0.198. The first kappa shape index (κ1) is 16.8. The highest BCUT2D eigenvalue weighted by atomic mass is 19.1. The van der Waals surface area contributed by atoms with Gasteiger partial charge in [0.1, 0.15) is 5.82 Å². The molecule has 3 heterocycles. The lowest BCUT2D eigenvalue weighted by atomic mass is 9.91. The van der Waals surface area contributed by atoms with Gasteiger partial charge in [-0.3, -0.25) is 19.5 Å². The van der Waals surface area contributed by atoms with Gasteiger partial charge in [0.05, 0.1) is 17.6 Å². The zero-order chi connectivity index (χ0) is 17.9. The van der Waals surface area contributed by atoms with Crippen LogP contribution in [0.3, 0.4) is 0 Å². The number of hydrogen-bond donors (Lipinski definition) is 0. The third-order valence-corrected chi connectivity index (χ3v) is 4.91. The first-order valence-corrected chi connectivity index (χ1v) is 8.96. The number of rotatable bonds is 4. The van der Waals surface area contributed by atoms with Crippen LogP contribution < -0.4 is 0 Å². The topological polar surface area (TPSA) is 46.8 Å². The van der Waals surface area contributed by atoms with E-state index in [9.17, 15) is 4.39 Å². The number of hydrogen-bond acceptors (Lipinski definition) is 4. The van der Waals surface area contributed by atoms with E-state index in [1.165, 1.54) is 11.6 Å². The van der Waals surface area contributed by atoms with Crippen LogP contribution in [0, 0.1) is 5.82 Å². The summed E-state index contributed by atoms with van der Waals surface area (Å²) in [6, 6.07) is 6.79. The van der Waals surface area contributed by atoms with E-state index in [4.69, 9.17) is 0 Å². The summed E-state index contributed by atoms with van der Waals surface area (Å²) in [5, 5.41) is 4.25. The predicted octanol–water partition coefficient (Wildman–Crippen LogP) is 3.40. The van der Waals surface area contributed by atoms with Crippen molar-refractivity contribution >= 4 is 0 Å². The number of aromatic nitrogens is 4. The van der Waals surface area contributed by atoms with E-state index in [0.29, 0.717) is 11.3 Å². The Labute approximate surface area is 152 Å². The fourth-order valence-corrected chi connectivity index (χ4v) is 3.74. The zero-order valence-corrected chi connectivity index (χ0v) is 14.8. The molecule has 1 fully saturated rings. The van der Waals surface area contributed by atoms with E-state index in [-0.39, 0.29) is 11.7 Å². The Kier molecular flexibility index (Phi) is 4.75. The summed E-state index contributed by atoms with van der Waals surface area (Å²) >= 11 is 0. The first-order valence-electron chi connectivity index (χ1n) is 8.96. The van der Waals surface area contributed by atoms with E-state index in [1.807, 2.05) is 24.0 Å². The molecule has 26 heavy (non-hydrogen) atoms. The molecule has 0 bridgehead atoms. The van der Waals surface area contributed by atoms with Crippen LogP contribution in [0.15, 0.2) is 49.1 Å². The summed E-state index contributed by atoms with van der Waals surface area (Å²) < 4.78 is 16.1. The minimum absolute atomic E-state index is 0.253. The standard InChI is InChI=1S/C20H22FN5/c1-25-12-15(11-24-25)13-26-10-4-5-16(14-26)19-20(23-9-8-22-19)17-6-2-3-7-18(17)21/h2-3,6-9,11-12,16H,4-5,10,13-14H2,1H3/t16-/m1/s1. The molecule has 1 aliphatic heterocycles. The molecule has 134 valence electrons. The van der Waals surface area contributed by atoms with Gasteiger partial charge in [-0.05, 0) is 31.5 Å². The Morgan fingerprint density at radius 2 is 2.04 bits per heavy atom. The summed E-state index contributed by atoms with van der Waals surface area (Å²) in [7, 11) is 1.93. The van der Waals surface area contributed by atoms with Gasteiger partial charge in [0.25, 0.3) is 0 Å². The average molecular weight is 351 g/mol. The van der Waals surface area contributed by atoms with Crippen molar-refractivity contribution in [2.75, 3.05) is 13.1 Å². The van der Waals surface area contributed by atoms with Crippen molar-refractivity contribution in [1.82, 2.24) is 24.6 Å². The summed E-state index contributed by atoms with van der Waals surface area (Å²) in [6.07, 6.45) is 9.45. The summed E-state index contributed by atoms with van der Waals surface area (Å²) in [5.41, 5.74) is 3.30. The molecule has 1 aromatic carbocycles. The Morgan fingerprint density at radius 3 is 2.85 bits per heavy atom. The van der Waals surface area contributed by atoms with Crippen LogP contribution >= 0.6 is 0 Å².